The van der Waals surface area contributed by atoms with Gasteiger partial charge >= 0.3 is 11.7 Å². The van der Waals surface area contributed by atoms with Crippen LogP contribution in [0.15, 0.2) is 23.3 Å². The lowest BCUT2D eigenvalue weighted by Crippen LogP contribution is -2.45. The van der Waals surface area contributed by atoms with Crippen LogP contribution in [0.1, 0.15) is 47.8 Å². The highest BCUT2D eigenvalue weighted by molar-refractivity contribution is 5.76. The molecule has 0 N–H and O–H groups in total. The lowest BCUT2D eigenvalue weighted by atomic mass is 9.96. The van der Waals surface area contributed by atoms with Gasteiger partial charge < -0.3 is 18.9 Å². The van der Waals surface area contributed by atoms with Crippen molar-refractivity contribution in [3.8, 4) is 0 Å². The summed E-state index contributed by atoms with van der Waals surface area (Å²) in [6.45, 7) is 10.6. The quantitative estimate of drug-likeness (QED) is 0.743. The van der Waals surface area contributed by atoms with Crippen LogP contribution >= 0.6 is 0 Å². The monoisotopic (exact) mass is 352 g/mol. The minimum absolute atomic E-state index is 0.495. The van der Waals surface area contributed by atoms with E-state index in [0.29, 0.717) is 0 Å². The molecule has 25 heavy (non-hydrogen) atoms. The van der Waals surface area contributed by atoms with Crippen LogP contribution in [0.5, 0.6) is 0 Å². The standard InChI is InChI=1S/C17H24N2O6/c1-15(2,3)24-12(20)10-11-17(6,25-16(4,5)23-11)13(22-10)19-9-7-8-18-14(19)21/h7-11,13H,1-6H3/t10-,11+,13?,17+/m0/s1. The highest BCUT2D eigenvalue weighted by Gasteiger charge is 2.66. The molecule has 1 unspecified atom stereocenters. The van der Waals surface area contributed by atoms with Gasteiger partial charge in [-0.3, -0.25) is 4.57 Å². The van der Waals surface area contributed by atoms with E-state index >= 15 is 0 Å². The summed E-state index contributed by atoms with van der Waals surface area (Å²) in [6.07, 6.45) is 0.360. The van der Waals surface area contributed by atoms with E-state index in [9.17, 15) is 9.59 Å². The Morgan fingerprint density at radius 3 is 2.60 bits per heavy atom. The van der Waals surface area contributed by atoms with Crippen LogP contribution in [0.25, 0.3) is 0 Å². The van der Waals surface area contributed by atoms with Crippen LogP contribution in [0.3, 0.4) is 0 Å². The van der Waals surface area contributed by atoms with Crippen molar-refractivity contribution in [3.05, 3.63) is 28.9 Å². The number of esters is 1. The number of hydrogen-bond acceptors (Lipinski definition) is 7. The maximum Gasteiger partial charge on any atom is 0.349 e. The summed E-state index contributed by atoms with van der Waals surface area (Å²) in [4.78, 5) is 28.5. The van der Waals surface area contributed by atoms with E-state index in [2.05, 4.69) is 4.98 Å². The first-order chi connectivity index (χ1) is 11.4. The Kier molecular flexibility index (Phi) is 4.05. The van der Waals surface area contributed by atoms with E-state index in [1.165, 1.54) is 10.8 Å². The van der Waals surface area contributed by atoms with Gasteiger partial charge in [0.25, 0.3) is 0 Å². The van der Waals surface area contributed by atoms with E-state index < -0.39 is 47.1 Å². The Balaban J connectivity index is 2.00. The fourth-order valence-electron chi connectivity index (χ4n) is 3.36. The number of hydrogen-bond donors (Lipinski definition) is 0. The molecule has 1 aromatic heterocycles. The van der Waals surface area contributed by atoms with Crippen LogP contribution < -0.4 is 5.69 Å². The fourth-order valence-corrected chi connectivity index (χ4v) is 3.36. The lowest BCUT2D eigenvalue weighted by molar-refractivity contribution is -0.221. The van der Waals surface area contributed by atoms with Crippen molar-refractivity contribution < 1.29 is 23.7 Å². The number of carbonyl (C=O) groups excluding carboxylic acids is 1. The maximum absolute atomic E-state index is 12.6. The van der Waals surface area contributed by atoms with E-state index in [1.54, 1.807) is 53.8 Å². The predicted molar refractivity (Wildman–Crippen MR) is 86.7 cm³/mol. The molecule has 0 saturated carbocycles. The average molecular weight is 352 g/mol. The summed E-state index contributed by atoms with van der Waals surface area (Å²) in [6, 6.07) is 1.62. The Hall–Kier alpha value is -1.77. The molecule has 2 saturated heterocycles. The van der Waals surface area contributed by atoms with Crippen molar-refractivity contribution in [2.24, 2.45) is 0 Å². The van der Waals surface area contributed by atoms with Gasteiger partial charge in [-0.1, -0.05) is 0 Å². The summed E-state index contributed by atoms with van der Waals surface area (Å²) in [5, 5.41) is 0. The van der Waals surface area contributed by atoms with E-state index in [4.69, 9.17) is 18.9 Å². The molecule has 2 aliphatic rings. The van der Waals surface area contributed by atoms with Gasteiger partial charge in [-0.2, -0.15) is 0 Å². The van der Waals surface area contributed by atoms with Gasteiger partial charge in [0.2, 0.25) is 0 Å². The summed E-state index contributed by atoms with van der Waals surface area (Å²) in [7, 11) is 0. The number of carbonyl (C=O) groups is 1. The second-order valence-corrected chi connectivity index (χ2v) is 7.98. The molecule has 0 aliphatic carbocycles. The van der Waals surface area contributed by atoms with Gasteiger partial charge in [0.1, 0.15) is 17.3 Å². The maximum atomic E-state index is 12.6. The molecule has 138 valence electrons. The molecule has 4 atom stereocenters. The molecule has 3 rings (SSSR count). The van der Waals surface area contributed by atoms with Crippen molar-refractivity contribution >= 4 is 5.97 Å². The van der Waals surface area contributed by atoms with Gasteiger partial charge in [-0.25, -0.2) is 14.6 Å². The highest BCUT2D eigenvalue weighted by Crippen LogP contribution is 2.50. The summed E-state index contributed by atoms with van der Waals surface area (Å²) >= 11 is 0. The largest absolute Gasteiger partial charge is 0.458 e. The average Bonchev–Trinajstić information content (AvgIpc) is 2.83. The van der Waals surface area contributed by atoms with E-state index in [-0.39, 0.29) is 0 Å². The van der Waals surface area contributed by atoms with Gasteiger partial charge in [-0.05, 0) is 47.6 Å². The zero-order valence-electron chi connectivity index (χ0n) is 15.3. The Morgan fingerprint density at radius 2 is 2.00 bits per heavy atom. The molecule has 0 spiro atoms. The smallest absolute Gasteiger partial charge is 0.349 e. The minimum atomic E-state index is -1.04. The topological polar surface area (TPSA) is 88.9 Å². The molecule has 0 radical (unpaired) electrons. The number of fused-ring (bicyclic) bond motifs is 1. The third-order valence-electron chi connectivity index (χ3n) is 4.11. The lowest BCUT2D eigenvalue weighted by Gasteiger charge is -2.30. The minimum Gasteiger partial charge on any atom is -0.458 e. The van der Waals surface area contributed by atoms with Gasteiger partial charge in [0, 0.05) is 12.4 Å². The van der Waals surface area contributed by atoms with Crippen LogP contribution in [-0.2, 0) is 23.7 Å². The highest BCUT2D eigenvalue weighted by atomic mass is 16.8. The SMILES string of the molecule is CC(C)(C)OC(=O)[C@H]1OC(n2cccnc2=O)[C@]2(C)OC(C)(C)O[C@H]12. The number of nitrogens with zero attached hydrogens (tertiary/aromatic N) is 2. The summed E-state index contributed by atoms with van der Waals surface area (Å²) < 4.78 is 24.6. The van der Waals surface area contributed by atoms with Crippen LogP contribution in [0.4, 0.5) is 0 Å². The van der Waals surface area contributed by atoms with Gasteiger partial charge in [0.05, 0.1) is 0 Å². The number of aromatic nitrogens is 2. The molecule has 2 aliphatic heterocycles. The van der Waals surface area contributed by atoms with Crippen molar-refractivity contribution in [3.63, 3.8) is 0 Å². The second-order valence-electron chi connectivity index (χ2n) is 7.98. The molecule has 1 aromatic rings. The van der Waals surface area contributed by atoms with Crippen LogP contribution in [0, 0.1) is 0 Å². The molecule has 0 amide bonds. The first-order valence-corrected chi connectivity index (χ1v) is 8.22. The predicted octanol–water partition coefficient (Wildman–Crippen LogP) is 1.39. The van der Waals surface area contributed by atoms with E-state index in [0.717, 1.165) is 0 Å². The molecule has 8 nitrogen and oxygen atoms in total. The molecular weight excluding hydrogens is 328 g/mol. The molecule has 8 heteroatoms. The molecule has 0 aromatic carbocycles. The Labute approximate surface area is 146 Å². The van der Waals surface area contributed by atoms with Crippen molar-refractivity contribution in [2.45, 2.75) is 77.0 Å². The van der Waals surface area contributed by atoms with Gasteiger partial charge in [-0.15, -0.1) is 0 Å². The number of ether oxygens (including phenoxy) is 4. The Bertz CT molecular complexity index is 737. The Morgan fingerprint density at radius 1 is 1.32 bits per heavy atom. The fraction of sp³-hybridized carbons (Fsp3) is 0.706. The first-order valence-electron chi connectivity index (χ1n) is 8.22. The molecule has 3 heterocycles. The normalized spacial score (nSPS) is 33.9. The third kappa shape index (κ3) is 3.21. The van der Waals surface area contributed by atoms with E-state index in [1.807, 2.05) is 0 Å². The third-order valence-corrected chi connectivity index (χ3v) is 4.11. The van der Waals surface area contributed by atoms with Crippen molar-refractivity contribution in [2.75, 3.05) is 0 Å². The second kappa shape index (κ2) is 5.62. The van der Waals surface area contributed by atoms with Crippen LogP contribution in [0.2, 0.25) is 0 Å². The van der Waals surface area contributed by atoms with Crippen molar-refractivity contribution in [1.29, 1.82) is 0 Å². The van der Waals surface area contributed by atoms with Crippen LogP contribution in [-0.4, -0.2) is 44.7 Å². The van der Waals surface area contributed by atoms with Crippen molar-refractivity contribution in [1.82, 2.24) is 9.55 Å². The summed E-state index contributed by atoms with van der Waals surface area (Å²) in [5.74, 6) is -1.47. The molecular formula is C17H24N2O6. The summed E-state index contributed by atoms with van der Waals surface area (Å²) in [5.41, 5.74) is -2.21. The zero-order chi connectivity index (χ0) is 18.6. The molecule has 0 bridgehead atoms. The first kappa shape index (κ1) is 18.0. The number of rotatable bonds is 2. The zero-order valence-corrected chi connectivity index (χ0v) is 15.3. The van der Waals surface area contributed by atoms with Gasteiger partial charge in [0.15, 0.2) is 18.1 Å². The molecule has 2 fully saturated rings.